The van der Waals surface area contributed by atoms with Crippen LogP contribution in [0.1, 0.15) is 5.82 Å². The molecule has 2 aliphatic rings. The van der Waals surface area contributed by atoms with Gasteiger partial charge in [-0.25, -0.2) is 9.18 Å². The summed E-state index contributed by atoms with van der Waals surface area (Å²) >= 11 is 1.31. The Bertz CT molecular complexity index is 751. The Morgan fingerprint density at radius 1 is 1.50 bits per heavy atom. The molecule has 10 heteroatoms. The highest BCUT2D eigenvalue weighted by Crippen LogP contribution is 2.45. The minimum atomic E-state index is -0.707. The van der Waals surface area contributed by atoms with Gasteiger partial charge in [0.25, 0.3) is 0 Å². The summed E-state index contributed by atoms with van der Waals surface area (Å²) < 4.78 is 16.0. The maximum absolute atomic E-state index is 14.0. The number of nitrogens with two attached hydrogens (primary N) is 1. The highest BCUT2D eigenvalue weighted by atomic mass is 32.2. The van der Waals surface area contributed by atoms with Crippen molar-refractivity contribution in [3.63, 3.8) is 0 Å². The van der Waals surface area contributed by atoms with E-state index in [1.807, 2.05) is 9.47 Å². The molecule has 0 spiro atoms. The summed E-state index contributed by atoms with van der Waals surface area (Å²) in [4.78, 5) is 19.3. The summed E-state index contributed by atoms with van der Waals surface area (Å²) in [5.41, 5.74) is 5.17. The first-order chi connectivity index (χ1) is 10.6. The van der Waals surface area contributed by atoms with Crippen molar-refractivity contribution < 1.29 is 9.18 Å². The second-order valence-corrected chi connectivity index (χ2v) is 6.02. The maximum atomic E-state index is 14.0. The Hall–Kier alpha value is -2.20. The van der Waals surface area contributed by atoms with E-state index < -0.39 is 17.3 Å². The van der Waals surface area contributed by atoms with Crippen LogP contribution in [0.15, 0.2) is 17.4 Å². The van der Waals surface area contributed by atoms with E-state index in [1.165, 1.54) is 16.7 Å². The van der Waals surface area contributed by atoms with Crippen LogP contribution < -0.4 is 10.6 Å². The first kappa shape index (κ1) is 13.5. The molecule has 1 radical (unpaired) electrons. The SMILES string of the molecule is NC(=O)N1c2c([c]ncc2F)SC1N1CCn2cnnc2C1. The third-order valence-electron chi connectivity index (χ3n) is 3.69. The summed E-state index contributed by atoms with van der Waals surface area (Å²) in [6.45, 7) is 1.88. The number of aromatic nitrogens is 4. The van der Waals surface area contributed by atoms with Crippen molar-refractivity contribution >= 4 is 23.5 Å². The van der Waals surface area contributed by atoms with Gasteiger partial charge in [-0.15, -0.1) is 10.2 Å². The van der Waals surface area contributed by atoms with Gasteiger partial charge in [0.1, 0.15) is 29.5 Å². The third kappa shape index (κ3) is 1.95. The van der Waals surface area contributed by atoms with Crippen molar-refractivity contribution in [3.8, 4) is 0 Å². The van der Waals surface area contributed by atoms with Crippen molar-refractivity contribution in [1.29, 1.82) is 0 Å². The fourth-order valence-corrected chi connectivity index (χ4v) is 3.94. The van der Waals surface area contributed by atoms with Crippen LogP contribution in [0, 0.1) is 12.0 Å². The number of primary amides is 1. The highest BCUT2D eigenvalue weighted by Gasteiger charge is 2.41. The predicted octanol–water partition coefficient (Wildman–Crippen LogP) is 0.403. The Labute approximate surface area is 129 Å². The number of pyridine rings is 1. The van der Waals surface area contributed by atoms with Gasteiger partial charge in [0.2, 0.25) is 0 Å². The molecular weight excluding hydrogens is 309 g/mol. The standard InChI is InChI=1S/C12H11FN7OS/c13-7-3-15-4-8-10(7)20(11(14)21)12(22-8)18-1-2-19-6-16-17-9(19)5-18/h3,6,12H,1-2,5H2,(H2,14,21). The molecule has 2 aromatic heterocycles. The third-order valence-corrected chi connectivity index (χ3v) is 4.93. The molecule has 2 aromatic rings. The van der Waals surface area contributed by atoms with Crippen molar-refractivity contribution in [2.24, 2.45) is 5.73 Å². The normalized spacial score (nSPS) is 20.8. The first-order valence-electron chi connectivity index (χ1n) is 6.57. The zero-order valence-corrected chi connectivity index (χ0v) is 12.1. The lowest BCUT2D eigenvalue weighted by Gasteiger charge is -2.35. The Kier molecular flexibility index (Phi) is 3.01. The molecule has 0 fully saturated rings. The van der Waals surface area contributed by atoms with Gasteiger partial charge in [-0.1, -0.05) is 11.8 Å². The van der Waals surface area contributed by atoms with Crippen LogP contribution in [0.2, 0.25) is 0 Å². The lowest BCUT2D eigenvalue weighted by Crippen LogP contribution is -2.51. The number of carbonyl (C=O) groups excluding carboxylic acids is 1. The monoisotopic (exact) mass is 320 g/mol. The largest absolute Gasteiger partial charge is 0.351 e. The van der Waals surface area contributed by atoms with Gasteiger partial charge < -0.3 is 10.3 Å². The van der Waals surface area contributed by atoms with Crippen LogP contribution in [0.5, 0.6) is 0 Å². The molecule has 1 unspecified atom stereocenters. The topological polar surface area (TPSA) is 93.2 Å². The van der Waals surface area contributed by atoms with E-state index in [0.717, 1.165) is 12.0 Å². The molecule has 0 bridgehead atoms. The van der Waals surface area contributed by atoms with Crippen molar-refractivity contribution in [3.05, 3.63) is 30.4 Å². The molecule has 1 atom stereocenters. The van der Waals surface area contributed by atoms with E-state index in [0.29, 0.717) is 24.5 Å². The number of hydrogen-bond donors (Lipinski definition) is 1. The molecule has 0 aromatic carbocycles. The fraction of sp³-hybridized carbons (Fsp3) is 0.333. The van der Waals surface area contributed by atoms with E-state index in [1.54, 1.807) is 6.33 Å². The number of amides is 2. The molecular formula is C12H11FN7OS. The molecule has 4 rings (SSSR count). The van der Waals surface area contributed by atoms with Gasteiger partial charge in [0.05, 0.1) is 17.6 Å². The van der Waals surface area contributed by atoms with Gasteiger partial charge in [-0.05, 0) is 0 Å². The zero-order chi connectivity index (χ0) is 15.3. The Morgan fingerprint density at radius 3 is 3.18 bits per heavy atom. The fourth-order valence-electron chi connectivity index (χ4n) is 2.68. The highest BCUT2D eigenvalue weighted by molar-refractivity contribution is 8.00. The summed E-state index contributed by atoms with van der Waals surface area (Å²) in [6, 6.07) is -0.707. The van der Waals surface area contributed by atoms with E-state index in [9.17, 15) is 9.18 Å². The number of rotatable bonds is 1. The van der Waals surface area contributed by atoms with Crippen LogP contribution in [-0.4, -0.2) is 42.7 Å². The molecule has 0 aliphatic carbocycles. The van der Waals surface area contributed by atoms with Gasteiger partial charge in [-0.2, -0.15) is 0 Å². The zero-order valence-electron chi connectivity index (χ0n) is 11.3. The van der Waals surface area contributed by atoms with E-state index in [4.69, 9.17) is 5.73 Å². The van der Waals surface area contributed by atoms with E-state index in [2.05, 4.69) is 21.4 Å². The average molecular weight is 320 g/mol. The minimum Gasteiger partial charge on any atom is -0.351 e. The van der Waals surface area contributed by atoms with Gasteiger partial charge in [0, 0.05) is 13.1 Å². The van der Waals surface area contributed by atoms with Crippen LogP contribution in [0.25, 0.3) is 0 Å². The number of anilines is 1. The molecule has 22 heavy (non-hydrogen) atoms. The number of carbonyl (C=O) groups is 1. The molecule has 4 heterocycles. The molecule has 0 saturated carbocycles. The van der Waals surface area contributed by atoms with Crippen molar-refractivity contribution in [2.45, 2.75) is 23.5 Å². The second kappa shape index (κ2) is 4.92. The lowest BCUT2D eigenvalue weighted by molar-refractivity contribution is 0.195. The van der Waals surface area contributed by atoms with E-state index >= 15 is 0 Å². The number of thioether (sulfide) groups is 1. The molecule has 8 nitrogen and oxygen atoms in total. The molecule has 113 valence electrons. The quantitative estimate of drug-likeness (QED) is 0.818. The van der Waals surface area contributed by atoms with Crippen LogP contribution in [0.4, 0.5) is 14.9 Å². The summed E-state index contributed by atoms with van der Waals surface area (Å²) in [6.07, 6.45) is 5.43. The molecule has 2 aliphatic heterocycles. The molecule has 0 saturated heterocycles. The van der Waals surface area contributed by atoms with Crippen LogP contribution in [-0.2, 0) is 13.1 Å². The number of hydrogen-bond acceptors (Lipinski definition) is 6. The molecule has 2 amide bonds. The number of fused-ring (bicyclic) bond motifs is 2. The van der Waals surface area contributed by atoms with Crippen LogP contribution >= 0.6 is 11.8 Å². The Balaban J connectivity index is 1.69. The summed E-state index contributed by atoms with van der Waals surface area (Å²) in [5, 5.41) is 7.92. The summed E-state index contributed by atoms with van der Waals surface area (Å²) in [5.74, 6) is 0.220. The number of nitrogens with zero attached hydrogens (tertiary/aromatic N) is 6. The molecule has 2 N–H and O–H groups in total. The minimum absolute atomic E-state index is 0.143. The van der Waals surface area contributed by atoms with Crippen molar-refractivity contribution in [1.82, 2.24) is 24.6 Å². The average Bonchev–Trinajstić information content (AvgIpc) is 3.10. The number of urea groups is 1. The second-order valence-electron chi connectivity index (χ2n) is 4.96. The van der Waals surface area contributed by atoms with Gasteiger partial charge >= 0.3 is 6.03 Å². The number of halogens is 1. The smallest absolute Gasteiger partial charge is 0.321 e. The van der Waals surface area contributed by atoms with Crippen molar-refractivity contribution in [2.75, 3.05) is 11.4 Å². The van der Waals surface area contributed by atoms with Gasteiger partial charge in [-0.3, -0.25) is 14.8 Å². The predicted molar refractivity (Wildman–Crippen MR) is 75.2 cm³/mol. The summed E-state index contributed by atoms with van der Waals surface area (Å²) in [7, 11) is 0. The van der Waals surface area contributed by atoms with E-state index in [-0.39, 0.29) is 5.69 Å². The maximum Gasteiger partial charge on any atom is 0.321 e. The lowest BCUT2D eigenvalue weighted by atomic mass is 10.3. The first-order valence-corrected chi connectivity index (χ1v) is 7.45. The van der Waals surface area contributed by atoms with Gasteiger partial charge in [0.15, 0.2) is 5.82 Å². The van der Waals surface area contributed by atoms with Crippen LogP contribution in [0.3, 0.4) is 0 Å². The Morgan fingerprint density at radius 2 is 2.36 bits per heavy atom.